The predicted octanol–water partition coefficient (Wildman–Crippen LogP) is 1.41. The van der Waals surface area contributed by atoms with Gasteiger partial charge in [-0.05, 0) is 12.5 Å². The summed E-state index contributed by atoms with van der Waals surface area (Å²) >= 11 is 0. The van der Waals surface area contributed by atoms with E-state index < -0.39 is 0 Å². The second-order valence-corrected chi connectivity index (χ2v) is 4.36. The van der Waals surface area contributed by atoms with Crippen molar-refractivity contribution >= 4 is 0 Å². The quantitative estimate of drug-likeness (QED) is 0.837. The van der Waals surface area contributed by atoms with E-state index in [1.807, 2.05) is 6.07 Å². The molecule has 2 N–H and O–H groups in total. The summed E-state index contributed by atoms with van der Waals surface area (Å²) in [4.78, 5) is 2.42. The average molecular weight is 220 g/mol. The van der Waals surface area contributed by atoms with Crippen LogP contribution in [0.25, 0.3) is 0 Å². The summed E-state index contributed by atoms with van der Waals surface area (Å²) in [6, 6.07) is 11.0. The zero-order valence-electron chi connectivity index (χ0n) is 9.80. The lowest BCUT2D eigenvalue weighted by atomic mass is 9.99. The second-order valence-electron chi connectivity index (χ2n) is 4.36. The third kappa shape index (κ3) is 2.61. The molecule has 0 radical (unpaired) electrons. The van der Waals surface area contributed by atoms with Crippen molar-refractivity contribution in [1.82, 2.24) is 4.90 Å². The van der Waals surface area contributed by atoms with E-state index in [0.29, 0.717) is 6.04 Å². The summed E-state index contributed by atoms with van der Waals surface area (Å²) in [6.45, 7) is 5.65. The SMILES string of the molecule is CC(N)C(c1ccccc1)N1CCOCC1. The van der Waals surface area contributed by atoms with Gasteiger partial charge in [0.15, 0.2) is 0 Å². The van der Waals surface area contributed by atoms with E-state index in [1.165, 1.54) is 5.56 Å². The number of benzene rings is 1. The van der Waals surface area contributed by atoms with Gasteiger partial charge in [0, 0.05) is 25.2 Å². The van der Waals surface area contributed by atoms with Gasteiger partial charge < -0.3 is 10.5 Å². The molecule has 2 unspecified atom stereocenters. The number of hydrogen-bond donors (Lipinski definition) is 1. The van der Waals surface area contributed by atoms with Crippen molar-refractivity contribution in [3.63, 3.8) is 0 Å². The number of morpholine rings is 1. The molecule has 1 fully saturated rings. The molecule has 1 saturated heterocycles. The molecule has 1 aliphatic heterocycles. The number of hydrogen-bond acceptors (Lipinski definition) is 3. The van der Waals surface area contributed by atoms with Crippen molar-refractivity contribution < 1.29 is 4.74 Å². The molecule has 1 aromatic carbocycles. The fourth-order valence-corrected chi connectivity index (χ4v) is 2.35. The zero-order chi connectivity index (χ0) is 11.4. The average Bonchev–Trinajstić information content (AvgIpc) is 2.31. The van der Waals surface area contributed by atoms with Crippen molar-refractivity contribution in [2.75, 3.05) is 26.3 Å². The largest absolute Gasteiger partial charge is 0.379 e. The molecule has 2 rings (SSSR count). The van der Waals surface area contributed by atoms with Crippen molar-refractivity contribution in [2.45, 2.75) is 19.0 Å². The van der Waals surface area contributed by atoms with Crippen LogP contribution in [0.15, 0.2) is 30.3 Å². The van der Waals surface area contributed by atoms with Gasteiger partial charge >= 0.3 is 0 Å². The Morgan fingerprint density at radius 2 is 1.81 bits per heavy atom. The lowest BCUT2D eigenvalue weighted by Gasteiger charge is -2.36. The van der Waals surface area contributed by atoms with Crippen LogP contribution in [0.4, 0.5) is 0 Å². The van der Waals surface area contributed by atoms with E-state index in [4.69, 9.17) is 10.5 Å². The molecule has 1 aliphatic rings. The first-order valence-corrected chi connectivity index (χ1v) is 5.91. The van der Waals surface area contributed by atoms with Gasteiger partial charge in [-0.25, -0.2) is 0 Å². The Morgan fingerprint density at radius 1 is 1.19 bits per heavy atom. The highest BCUT2D eigenvalue weighted by molar-refractivity contribution is 5.20. The van der Waals surface area contributed by atoms with E-state index in [0.717, 1.165) is 26.3 Å². The summed E-state index contributed by atoms with van der Waals surface area (Å²) in [5, 5.41) is 0. The zero-order valence-corrected chi connectivity index (χ0v) is 9.80. The molecule has 16 heavy (non-hydrogen) atoms. The monoisotopic (exact) mass is 220 g/mol. The van der Waals surface area contributed by atoms with E-state index in [-0.39, 0.29) is 6.04 Å². The molecule has 0 amide bonds. The van der Waals surface area contributed by atoms with E-state index in [2.05, 4.69) is 36.1 Å². The number of ether oxygens (including phenoxy) is 1. The molecule has 3 nitrogen and oxygen atoms in total. The Labute approximate surface area is 97.2 Å². The van der Waals surface area contributed by atoms with Crippen LogP contribution < -0.4 is 5.73 Å². The summed E-state index contributed by atoms with van der Waals surface area (Å²) in [5.74, 6) is 0. The smallest absolute Gasteiger partial charge is 0.0594 e. The van der Waals surface area contributed by atoms with Crippen LogP contribution in [0.5, 0.6) is 0 Å². The highest BCUT2D eigenvalue weighted by Gasteiger charge is 2.25. The van der Waals surface area contributed by atoms with Gasteiger partial charge in [-0.3, -0.25) is 4.90 Å². The fraction of sp³-hybridized carbons (Fsp3) is 0.538. The molecule has 0 aliphatic carbocycles. The Bertz CT molecular complexity index is 307. The number of nitrogens with zero attached hydrogens (tertiary/aromatic N) is 1. The van der Waals surface area contributed by atoms with E-state index >= 15 is 0 Å². The Balaban J connectivity index is 2.16. The van der Waals surface area contributed by atoms with Crippen molar-refractivity contribution in [1.29, 1.82) is 0 Å². The van der Waals surface area contributed by atoms with Crippen molar-refractivity contribution in [3.05, 3.63) is 35.9 Å². The normalized spacial score (nSPS) is 21.6. The van der Waals surface area contributed by atoms with Crippen LogP contribution in [0.3, 0.4) is 0 Å². The van der Waals surface area contributed by atoms with Gasteiger partial charge in [0.2, 0.25) is 0 Å². The molecule has 0 saturated carbocycles. The molecule has 0 aromatic heterocycles. The lowest BCUT2D eigenvalue weighted by Crippen LogP contribution is -2.45. The van der Waals surface area contributed by atoms with Gasteiger partial charge in [-0.2, -0.15) is 0 Å². The molecular formula is C13H20N2O. The molecular weight excluding hydrogens is 200 g/mol. The minimum atomic E-state index is 0.139. The van der Waals surface area contributed by atoms with Gasteiger partial charge in [-0.1, -0.05) is 30.3 Å². The van der Waals surface area contributed by atoms with E-state index in [1.54, 1.807) is 0 Å². The predicted molar refractivity (Wildman–Crippen MR) is 65.2 cm³/mol. The van der Waals surface area contributed by atoms with Gasteiger partial charge in [0.25, 0.3) is 0 Å². The van der Waals surface area contributed by atoms with Crippen LogP contribution in [0, 0.1) is 0 Å². The minimum Gasteiger partial charge on any atom is -0.379 e. The molecule has 3 heteroatoms. The lowest BCUT2D eigenvalue weighted by molar-refractivity contribution is 0.0116. The number of rotatable bonds is 3. The molecule has 88 valence electrons. The van der Waals surface area contributed by atoms with Crippen LogP contribution in [0.2, 0.25) is 0 Å². The Hall–Kier alpha value is -0.900. The summed E-state index contributed by atoms with van der Waals surface area (Å²) in [7, 11) is 0. The van der Waals surface area contributed by atoms with Gasteiger partial charge in [0.1, 0.15) is 0 Å². The highest BCUT2D eigenvalue weighted by atomic mass is 16.5. The topological polar surface area (TPSA) is 38.5 Å². The standard InChI is InChI=1S/C13H20N2O/c1-11(14)13(12-5-3-2-4-6-12)15-7-9-16-10-8-15/h2-6,11,13H,7-10,14H2,1H3. The van der Waals surface area contributed by atoms with Gasteiger partial charge in [-0.15, -0.1) is 0 Å². The Kier molecular flexibility index (Phi) is 3.93. The third-order valence-electron chi connectivity index (χ3n) is 3.08. The fourth-order valence-electron chi connectivity index (χ4n) is 2.35. The summed E-state index contributed by atoms with van der Waals surface area (Å²) < 4.78 is 5.38. The summed E-state index contributed by atoms with van der Waals surface area (Å²) in [6.07, 6.45) is 0. The maximum atomic E-state index is 6.12. The summed E-state index contributed by atoms with van der Waals surface area (Å²) in [5.41, 5.74) is 7.42. The molecule has 1 heterocycles. The maximum absolute atomic E-state index is 6.12. The van der Waals surface area contributed by atoms with Crippen LogP contribution in [-0.4, -0.2) is 37.2 Å². The molecule has 0 bridgehead atoms. The van der Waals surface area contributed by atoms with Crippen molar-refractivity contribution in [3.8, 4) is 0 Å². The molecule has 0 spiro atoms. The molecule has 1 aromatic rings. The minimum absolute atomic E-state index is 0.139. The van der Waals surface area contributed by atoms with Crippen LogP contribution in [-0.2, 0) is 4.74 Å². The second kappa shape index (κ2) is 5.43. The Morgan fingerprint density at radius 3 is 2.38 bits per heavy atom. The third-order valence-corrected chi connectivity index (χ3v) is 3.08. The number of nitrogens with two attached hydrogens (primary N) is 1. The first kappa shape index (κ1) is 11.6. The maximum Gasteiger partial charge on any atom is 0.0594 e. The van der Waals surface area contributed by atoms with Gasteiger partial charge in [0.05, 0.1) is 13.2 Å². The van der Waals surface area contributed by atoms with Crippen LogP contribution in [0.1, 0.15) is 18.5 Å². The first-order chi connectivity index (χ1) is 7.79. The molecule has 2 atom stereocenters. The van der Waals surface area contributed by atoms with Crippen LogP contribution >= 0.6 is 0 Å². The first-order valence-electron chi connectivity index (χ1n) is 5.91. The van der Waals surface area contributed by atoms with Crippen molar-refractivity contribution in [2.24, 2.45) is 5.73 Å². The van der Waals surface area contributed by atoms with E-state index in [9.17, 15) is 0 Å². The highest BCUT2D eigenvalue weighted by Crippen LogP contribution is 2.23.